The summed E-state index contributed by atoms with van der Waals surface area (Å²) in [7, 11) is 0. The largest absolute Gasteiger partial charge is 0.371 e. The van der Waals surface area contributed by atoms with Crippen molar-refractivity contribution in [3.8, 4) is 11.3 Å². The predicted molar refractivity (Wildman–Crippen MR) is 77.2 cm³/mol. The van der Waals surface area contributed by atoms with Crippen LogP contribution in [0.5, 0.6) is 0 Å². The second-order valence-electron chi connectivity index (χ2n) is 5.18. The molecule has 4 nitrogen and oxygen atoms in total. The van der Waals surface area contributed by atoms with E-state index in [1.54, 1.807) is 6.07 Å². The molecule has 0 atom stereocenters. The van der Waals surface area contributed by atoms with Crippen LogP contribution in [0.1, 0.15) is 24.8 Å². The van der Waals surface area contributed by atoms with Crippen molar-refractivity contribution < 1.29 is 4.52 Å². The maximum atomic E-state index is 5.64. The van der Waals surface area contributed by atoms with Gasteiger partial charge in [-0.2, -0.15) is 0 Å². The van der Waals surface area contributed by atoms with Crippen LogP contribution >= 0.6 is 0 Å². The Morgan fingerprint density at radius 1 is 1.16 bits per heavy atom. The van der Waals surface area contributed by atoms with Crippen molar-refractivity contribution in [2.45, 2.75) is 26.2 Å². The number of nitrogens with two attached hydrogens (primary N) is 1. The summed E-state index contributed by atoms with van der Waals surface area (Å²) in [5, 5.41) is 4.06. The molecule has 0 bridgehead atoms. The Balaban J connectivity index is 2.03. The second-order valence-corrected chi connectivity index (χ2v) is 5.18. The van der Waals surface area contributed by atoms with E-state index in [0.717, 1.165) is 24.3 Å². The van der Waals surface area contributed by atoms with E-state index in [1.807, 2.05) is 0 Å². The molecule has 2 heterocycles. The molecule has 2 N–H and O–H groups in total. The minimum atomic E-state index is 0.362. The zero-order valence-electron chi connectivity index (χ0n) is 11.2. The van der Waals surface area contributed by atoms with E-state index in [1.165, 1.54) is 30.5 Å². The highest BCUT2D eigenvalue weighted by Gasteiger charge is 2.17. The summed E-state index contributed by atoms with van der Waals surface area (Å²) >= 11 is 0. The second kappa shape index (κ2) is 4.96. The zero-order valence-corrected chi connectivity index (χ0v) is 11.2. The average Bonchev–Trinajstić information content (AvgIpc) is 2.86. The Morgan fingerprint density at radius 3 is 2.63 bits per heavy atom. The van der Waals surface area contributed by atoms with Gasteiger partial charge in [0, 0.05) is 30.4 Å². The number of hydrogen-bond donors (Lipinski definition) is 1. The van der Waals surface area contributed by atoms with Gasteiger partial charge in [0.25, 0.3) is 0 Å². The molecule has 0 amide bonds. The maximum Gasteiger partial charge on any atom is 0.222 e. The third-order valence-corrected chi connectivity index (χ3v) is 3.65. The Morgan fingerprint density at radius 2 is 1.95 bits per heavy atom. The summed E-state index contributed by atoms with van der Waals surface area (Å²) in [4.78, 5) is 2.43. The molecule has 1 aromatic carbocycles. The Hall–Kier alpha value is -1.97. The highest BCUT2D eigenvalue weighted by molar-refractivity contribution is 5.78. The lowest BCUT2D eigenvalue weighted by Gasteiger charge is -2.30. The SMILES string of the molecule is Cc1ccc(N2CCCCC2)c(-c2cc(N)on2)c1. The van der Waals surface area contributed by atoms with Crippen LogP contribution < -0.4 is 10.6 Å². The van der Waals surface area contributed by atoms with Gasteiger partial charge in [-0.3, -0.25) is 0 Å². The molecule has 0 radical (unpaired) electrons. The van der Waals surface area contributed by atoms with Gasteiger partial charge in [-0.1, -0.05) is 16.8 Å². The van der Waals surface area contributed by atoms with Crippen molar-refractivity contribution in [2.75, 3.05) is 23.7 Å². The van der Waals surface area contributed by atoms with Crippen LogP contribution in [-0.2, 0) is 0 Å². The van der Waals surface area contributed by atoms with Crippen molar-refractivity contribution in [3.05, 3.63) is 29.8 Å². The fourth-order valence-corrected chi connectivity index (χ4v) is 2.68. The summed E-state index contributed by atoms with van der Waals surface area (Å²) in [6, 6.07) is 8.28. The standard InChI is InChI=1S/C15H19N3O/c1-11-5-6-14(18-7-3-2-4-8-18)12(9-11)13-10-15(16)19-17-13/h5-6,9-10H,2-4,7-8,16H2,1H3. The number of aryl methyl sites for hydroxylation is 1. The first-order valence-corrected chi connectivity index (χ1v) is 6.82. The molecule has 1 fully saturated rings. The number of benzene rings is 1. The average molecular weight is 257 g/mol. The number of rotatable bonds is 2. The molecule has 1 aliphatic rings. The highest BCUT2D eigenvalue weighted by atomic mass is 16.5. The third-order valence-electron chi connectivity index (χ3n) is 3.65. The van der Waals surface area contributed by atoms with Gasteiger partial charge in [0.2, 0.25) is 5.88 Å². The first-order valence-electron chi connectivity index (χ1n) is 6.82. The van der Waals surface area contributed by atoms with Crippen molar-refractivity contribution >= 4 is 11.6 Å². The van der Waals surface area contributed by atoms with Crippen molar-refractivity contribution in [2.24, 2.45) is 0 Å². The van der Waals surface area contributed by atoms with Crippen molar-refractivity contribution in [3.63, 3.8) is 0 Å². The van der Waals surface area contributed by atoms with E-state index < -0.39 is 0 Å². The Labute approximate surface area is 113 Å². The molecular weight excluding hydrogens is 238 g/mol. The molecule has 19 heavy (non-hydrogen) atoms. The molecule has 1 aromatic heterocycles. The molecule has 100 valence electrons. The van der Waals surface area contributed by atoms with Crippen molar-refractivity contribution in [1.82, 2.24) is 5.16 Å². The smallest absolute Gasteiger partial charge is 0.222 e. The van der Waals surface area contributed by atoms with Gasteiger partial charge >= 0.3 is 0 Å². The number of hydrogen-bond acceptors (Lipinski definition) is 4. The van der Waals surface area contributed by atoms with E-state index in [-0.39, 0.29) is 0 Å². The Kier molecular flexibility index (Phi) is 3.15. The van der Waals surface area contributed by atoms with Crippen LogP contribution in [0.3, 0.4) is 0 Å². The minimum Gasteiger partial charge on any atom is -0.371 e. The topological polar surface area (TPSA) is 55.3 Å². The van der Waals surface area contributed by atoms with Gasteiger partial charge < -0.3 is 15.2 Å². The molecule has 0 spiro atoms. The minimum absolute atomic E-state index is 0.362. The van der Waals surface area contributed by atoms with Gasteiger partial charge in [-0.25, -0.2) is 0 Å². The first kappa shape index (κ1) is 12.1. The van der Waals surface area contributed by atoms with E-state index in [2.05, 4.69) is 35.2 Å². The van der Waals surface area contributed by atoms with Crippen LogP contribution in [-0.4, -0.2) is 18.2 Å². The van der Waals surface area contributed by atoms with E-state index in [4.69, 9.17) is 10.3 Å². The molecule has 0 unspecified atom stereocenters. The summed E-state index contributed by atoms with van der Waals surface area (Å²) in [5.74, 6) is 0.362. The number of nitrogen functional groups attached to an aromatic ring is 1. The lowest BCUT2D eigenvalue weighted by molar-refractivity contribution is 0.439. The predicted octanol–water partition coefficient (Wildman–Crippen LogP) is 3.22. The summed E-state index contributed by atoms with van der Waals surface area (Å²) < 4.78 is 5.01. The normalized spacial score (nSPS) is 15.7. The van der Waals surface area contributed by atoms with Gasteiger partial charge in [0.1, 0.15) is 5.69 Å². The number of nitrogens with zero attached hydrogens (tertiary/aromatic N) is 2. The molecule has 0 aliphatic carbocycles. The lowest BCUT2D eigenvalue weighted by Crippen LogP contribution is -2.29. The molecule has 1 aliphatic heterocycles. The summed E-state index contributed by atoms with van der Waals surface area (Å²) in [5.41, 5.74) is 10.0. The van der Waals surface area contributed by atoms with E-state index >= 15 is 0 Å². The van der Waals surface area contributed by atoms with Crippen LogP contribution in [0.25, 0.3) is 11.3 Å². The first-order chi connectivity index (χ1) is 9.24. The lowest BCUT2D eigenvalue weighted by atomic mass is 10.0. The van der Waals surface area contributed by atoms with Crippen LogP contribution in [0, 0.1) is 6.92 Å². The van der Waals surface area contributed by atoms with Crippen LogP contribution in [0.4, 0.5) is 11.6 Å². The quantitative estimate of drug-likeness (QED) is 0.897. The molecular formula is C15H19N3O. The van der Waals surface area contributed by atoms with Crippen LogP contribution in [0.2, 0.25) is 0 Å². The Bertz CT molecular complexity index is 571. The van der Waals surface area contributed by atoms with E-state index in [9.17, 15) is 0 Å². The third kappa shape index (κ3) is 2.43. The van der Waals surface area contributed by atoms with Crippen molar-refractivity contribution in [1.29, 1.82) is 0 Å². The highest BCUT2D eigenvalue weighted by Crippen LogP contribution is 2.33. The molecule has 1 saturated heterocycles. The van der Waals surface area contributed by atoms with Gasteiger partial charge in [-0.05, 0) is 38.3 Å². The number of aromatic nitrogens is 1. The molecule has 4 heteroatoms. The number of piperidine rings is 1. The molecule has 3 rings (SSSR count). The fraction of sp³-hybridized carbons (Fsp3) is 0.400. The maximum absolute atomic E-state index is 5.64. The van der Waals surface area contributed by atoms with E-state index in [0.29, 0.717) is 5.88 Å². The van der Waals surface area contributed by atoms with Gasteiger partial charge in [0.05, 0.1) is 0 Å². The summed E-state index contributed by atoms with van der Waals surface area (Å²) in [6.07, 6.45) is 3.84. The zero-order chi connectivity index (χ0) is 13.2. The fourth-order valence-electron chi connectivity index (χ4n) is 2.68. The van der Waals surface area contributed by atoms with Crippen LogP contribution in [0.15, 0.2) is 28.8 Å². The number of anilines is 2. The molecule has 0 saturated carbocycles. The summed E-state index contributed by atoms with van der Waals surface area (Å²) in [6.45, 7) is 4.32. The van der Waals surface area contributed by atoms with Gasteiger partial charge in [-0.15, -0.1) is 0 Å². The van der Waals surface area contributed by atoms with Gasteiger partial charge in [0.15, 0.2) is 0 Å². The monoisotopic (exact) mass is 257 g/mol. The molecule has 2 aromatic rings.